The van der Waals surface area contributed by atoms with E-state index >= 15 is 0 Å². The number of hydrogen-bond donors (Lipinski definition) is 1. The maximum Gasteiger partial charge on any atom is 0.272 e. The van der Waals surface area contributed by atoms with Crippen molar-refractivity contribution in [2.45, 2.75) is 57.7 Å². The fraction of sp³-hybridized carbons (Fsp3) is 0.688. The first-order chi connectivity index (χ1) is 10.7. The molecule has 2 fully saturated rings. The molecule has 2 saturated carbocycles. The summed E-state index contributed by atoms with van der Waals surface area (Å²) >= 11 is 0. The summed E-state index contributed by atoms with van der Waals surface area (Å²) in [5, 5.41) is 7.48. The normalized spacial score (nSPS) is 21.7. The molecule has 1 N–H and O–H groups in total. The van der Waals surface area contributed by atoms with Gasteiger partial charge in [-0.2, -0.15) is 5.10 Å². The topological polar surface area (TPSA) is 67.2 Å². The van der Waals surface area contributed by atoms with Crippen LogP contribution in [0.25, 0.3) is 0 Å². The van der Waals surface area contributed by atoms with Crippen LogP contribution in [0.1, 0.15) is 54.7 Å². The zero-order valence-electron chi connectivity index (χ0n) is 12.8. The van der Waals surface area contributed by atoms with Gasteiger partial charge in [-0.3, -0.25) is 14.3 Å². The number of nitrogens with one attached hydrogen (secondary N) is 1. The Morgan fingerprint density at radius 2 is 1.91 bits per heavy atom. The Kier molecular flexibility index (Phi) is 3.39. The summed E-state index contributed by atoms with van der Waals surface area (Å²) in [6.07, 6.45) is 6.60. The van der Waals surface area contributed by atoms with Gasteiger partial charge in [-0.05, 0) is 31.7 Å². The van der Waals surface area contributed by atoms with Crippen LogP contribution in [0.2, 0.25) is 0 Å². The molecule has 22 heavy (non-hydrogen) atoms. The summed E-state index contributed by atoms with van der Waals surface area (Å²) in [7, 11) is 0. The average Bonchev–Trinajstić information content (AvgIpc) is 3.07. The zero-order valence-corrected chi connectivity index (χ0v) is 12.8. The molecule has 0 atom stereocenters. The van der Waals surface area contributed by atoms with Crippen molar-refractivity contribution in [3.05, 3.63) is 17.5 Å². The lowest BCUT2D eigenvalue weighted by molar-refractivity contribution is -0.134. The van der Waals surface area contributed by atoms with Crippen LogP contribution in [-0.2, 0) is 17.9 Å². The van der Waals surface area contributed by atoms with Gasteiger partial charge in [0.1, 0.15) is 0 Å². The van der Waals surface area contributed by atoms with E-state index in [1.165, 1.54) is 12.8 Å². The van der Waals surface area contributed by atoms with Gasteiger partial charge < -0.3 is 10.2 Å². The minimum absolute atomic E-state index is 0.0751. The van der Waals surface area contributed by atoms with Crippen molar-refractivity contribution < 1.29 is 9.59 Å². The lowest BCUT2D eigenvalue weighted by Crippen LogP contribution is -2.39. The molecule has 1 aromatic heterocycles. The van der Waals surface area contributed by atoms with Gasteiger partial charge in [0, 0.05) is 18.5 Å². The van der Waals surface area contributed by atoms with Crippen LogP contribution in [0.4, 0.5) is 0 Å². The van der Waals surface area contributed by atoms with E-state index in [1.807, 2.05) is 15.6 Å². The molecule has 3 aliphatic rings. The third-order valence-electron chi connectivity index (χ3n) is 4.96. The Morgan fingerprint density at radius 1 is 1.14 bits per heavy atom. The zero-order chi connectivity index (χ0) is 15.1. The van der Waals surface area contributed by atoms with E-state index in [2.05, 4.69) is 10.4 Å². The molecule has 0 saturated heterocycles. The monoisotopic (exact) mass is 302 g/mol. The van der Waals surface area contributed by atoms with Gasteiger partial charge in [0.05, 0.1) is 18.8 Å². The molecule has 6 nitrogen and oxygen atoms in total. The molecule has 0 aromatic carbocycles. The number of carbonyl (C=O) groups is 2. The molecule has 0 spiro atoms. The summed E-state index contributed by atoms with van der Waals surface area (Å²) in [5.41, 5.74) is 1.46. The summed E-state index contributed by atoms with van der Waals surface area (Å²) in [6.45, 7) is 1.97. The third-order valence-corrected chi connectivity index (χ3v) is 4.96. The third kappa shape index (κ3) is 2.62. The largest absolute Gasteiger partial charge is 0.348 e. The number of hydrogen-bond acceptors (Lipinski definition) is 3. The fourth-order valence-corrected chi connectivity index (χ4v) is 3.48. The summed E-state index contributed by atoms with van der Waals surface area (Å²) in [4.78, 5) is 26.4. The molecule has 2 aliphatic carbocycles. The van der Waals surface area contributed by atoms with Gasteiger partial charge in [0.25, 0.3) is 5.91 Å². The van der Waals surface area contributed by atoms with Crippen molar-refractivity contribution >= 4 is 11.8 Å². The predicted octanol–water partition coefficient (Wildman–Crippen LogP) is 1.31. The highest BCUT2D eigenvalue weighted by atomic mass is 16.2. The van der Waals surface area contributed by atoms with E-state index in [4.69, 9.17) is 0 Å². The van der Waals surface area contributed by atoms with Crippen LogP contribution in [0.5, 0.6) is 0 Å². The molecule has 4 rings (SSSR count). The number of fused-ring (bicyclic) bond motifs is 1. The first-order valence-corrected chi connectivity index (χ1v) is 8.37. The summed E-state index contributed by atoms with van der Waals surface area (Å²) in [5.74, 6) is 0.442. The van der Waals surface area contributed by atoms with E-state index in [1.54, 1.807) is 0 Å². The van der Waals surface area contributed by atoms with Crippen molar-refractivity contribution in [1.29, 1.82) is 0 Å². The van der Waals surface area contributed by atoms with Crippen LogP contribution in [-0.4, -0.2) is 39.1 Å². The Balaban J connectivity index is 1.43. The van der Waals surface area contributed by atoms with E-state index in [0.717, 1.165) is 31.4 Å². The Hall–Kier alpha value is -1.85. The summed E-state index contributed by atoms with van der Waals surface area (Å²) in [6, 6.07) is 2.15. The average molecular weight is 302 g/mol. The molecule has 0 unspecified atom stereocenters. The number of carbonyl (C=O) groups excluding carboxylic acids is 2. The second-order valence-corrected chi connectivity index (χ2v) is 6.73. The molecule has 118 valence electrons. The summed E-state index contributed by atoms with van der Waals surface area (Å²) < 4.78 is 1.88. The SMILES string of the molecule is O=C(NC1CCCC1)c1cc2n(n1)CCN(C(=O)C1CC1)C2. The predicted molar refractivity (Wildman–Crippen MR) is 80.1 cm³/mol. The first kappa shape index (κ1) is 13.8. The maximum atomic E-state index is 12.3. The highest BCUT2D eigenvalue weighted by molar-refractivity contribution is 5.92. The second kappa shape index (κ2) is 5.41. The van der Waals surface area contributed by atoms with Gasteiger partial charge >= 0.3 is 0 Å². The molecule has 0 bridgehead atoms. The second-order valence-electron chi connectivity index (χ2n) is 6.73. The van der Waals surface area contributed by atoms with E-state index in [0.29, 0.717) is 31.4 Å². The number of nitrogens with zero attached hydrogens (tertiary/aromatic N) is 3. The molecule has 2 amide bonds. The van der Waals surface area contributed by atoms with E-state index in [9.17, 15) is 9.59 Å². The number of rotatable bonds is 3. The Morgan fingerprint density at radius 3 is 2.64 bits per heavy atom. The van der Waals surface area contributed by atoms with Crippen molar-refractivity contribution in [2.24, 2.45) is 5.92 Å². The van der Waals surface area contributed by atoms with Gasteiger partial charge in [-0.25, -0.2) is 0 Å². The van der Waals surface area contributed by atoms with Gasteiger partial charge in [0.2, 0.25) is 5.91 Å². The molecule has 0 radical (unpaired) electrons. The van der Waals surface area contributed by atoms with Crippen LogP contribution < -0.4 is 5.32 Å². The highest BCUT2D eigenvalue weighted by Crippen LogP contribution is 2.32. The van der Waals surface area contributed by atoms with Crippen molar-refractivity contribution in [2.75, 3.05) is 6.54 Å². The van der Waals surface area contributed by atoms with E-state index < -0.39 is 0 Å². The van der Waals surface area contributed by atoms with Gasteiger partial charge in [-0.1, -0.05) is 12.8 Å². The van der Waals surface area contributed by atoms with E-state index in [-0.39, 0.29) is 17.7 Å². The molecule has 1 aromatic rings. The van der Waals surface area contributed by atoms with Crippen molar-refractivity contribution in [3.8, 4) is 0 Å². The lowest BCUT2D eigenvalue weighted by atomic mass is 10.2. The van der Waals surface area contributed by atoms with Crippen LogP contribution in [0.3, 0.4) is 0 Å². The van der Waals surface area contributed by atoms with Gasteiger partial charge in [0.15, 0.2) is 5.69 Å². The Labute approximate surface area is 129 Å². The minimum atomic E-state index is -0.0751. The number of aromatic nitrogens is 2. The molecule has 6 heteroatoms. The van der Waals surface area contributed by atoms with Crippen molar-refractivity contribution in [1.82, 2.24) is 20.0 Å². The van der Waals surface area contributed by atoms with Crippen LogP contribution >= 0.6 is 0 Å². The van der Waals surface area contributed by atoms with Crippen molar-refractivity contribution in [3.63, 3.8) is 0 Å². The molecule has 1 aliphatic heterocycles. The first-order valence-electron chi connectivity index (χ1n) is 8.37. The maximum absolute atomic E-state index is 12.3. The highest BCUT2D eigenvalue weighted by Gasteiger charge is 2.35. The fourth-order valence-electron chi connectivity index (χ4n) is 3.48. The molecule has 2 heterocycles. The smallest absolute Gasteiger partial charge is 0.272 e. The number of amides is 2. The minimum Gasteiger partial charge on any atom is -0.348 e. The standard InChI is InChI=1S/C16H22N4O2/c21-15(17-12-3-1-2-4-12)14-9-13-10-19(7-8-20(13)18-14)16(22)11-5-6-11/h9,11-12H,1-8,10H2,(H,17,21). The van der Waals surface area contributed by atoms with Gasteiger partial charge in [-0.15, -0.1) is 0 Å². The molecular weight excluding hydrogens is 280 g/mol. The van der Waals surface area contributed by atoms with Crippen LogP contribution in [0, 0.1) is 5.92 Å². The molecular formula is C16H22N4O2. The van der Waals surface area contributed by atoms with Crippen LogP contribution in [0.15, 0.2) is 6.07 Å². The quantitative estimate of drug-likeness (QED) is 0.915. The Bertz CT molecular complexity index is 599. The lowest BCUT2D eigenvalue weighted by Gasteiger charge is -2.27.